The zero-order chi connectivity index (χ0) is 19.9. The summed E-state index contributed by atoms with van der Waals surface area (Å²) in [5, 5.41) is 3.39. The molecule has 5 heteroatoms. The van der Waals surface area contributed by atoms with Crippen LogP contribution in [0, 0.1) is 18.8 Å². The molecule has 0 aliphatic carbocycles. The molecule has 27 heavy (non-hydrogen) atoms. The number of rotatable bonds is 10. The Balaban J connectivity index is 2.40. The second-order valence-electron chi connectivity index (χ2n) is 7.74. The molecular weight excluding hydrogens is 357 g/mol. The van der Waals surface area contributed by atoms with Crippen molar-refractivity contribution in [3.05, 3.63) is 65.7 Å². The first kappa shape index (κ1) is 21.7. The van der Waals surface area contributed by atoms with Gasteiger partial charge < -0.3 is 14.4 Å². The fourth-order valence-electron chi connectivity index (χ4n) is 2.48. The van der Waals surface area contributed by atoms with Gasteiger partial charge in [-0.3, -0.25) is 4.57 Å². The molecule has 0 saturated heterocycles. The highest BCUT2D eigenvalue weighted by molar-refractivity contribution is 7.54. The third-order valence-electron chi connectivity index (χ3n) is 3.96. The number of anilines is 1. The van der Waals surface area contributed by atoms with Gasteiger partial charge in [0.2, 0.25) is 0 Å². The lowest BCUT2D eigenvalue weighted by Crippen LogP contribution is -2.18. The van der Waals surface area contributed by atoms with Crippen molar-refractivity contribution in [2.24, 2.45) is 11.8 Å². The van der Waals surface area contributed by atoms with Crippen molar-refractivity contribution >= 4 is 13.3 Å². The van der Waals surface area contributed by atoms with Gasteiger partial charge in [0.1, 0.15) is 0 Å². The van der Waals surface area contributed by atoms with Crippen LogP contribution >= 0.6 is 7.60 Å². The van der Waals surface area contributed by atoms with Crippen LogP contribution in [-0.4, -0.2) is 13.2 Å². The topological polar surface area (TPSA) is 47.6 Å². The van der Waals surface area contributed by atoms with Gasteiger partial charge in [-0.1, -0.05) is 75.7 Å². The van der Waals surface area contributed by atoms with Crippen LogP contribution in [-0.2, 0) is 13.6 Å². The molecule has 148 valence electrons. The minimum absolute atomic E-state index is 0.261. The molecule has 0 amide bonds. The summed E-state index contributed by atoms with van der Waals surface area (Å²) < 4.78 is 25.8. The molecule has 1 unspecified atom stereocenters. The van der Waals surface area contributed by atoms with Gasteiger partial charge in [0.05, 0.1) is 13.2 Å². The van der Waals surface area contributed by atoms with Crippen molar-refractivity contribution < 1.29 is 13.6 Å². The smallest absolute Gasteiger partial charge is 0.357 e. The highest BCUT2D eigenvalue weighted by Crippen LogP contribution is 2.61. The van der Waals surface area contributed by atoms with E-state index in [4.69, 9.17) is 9.05 Å². The van der Waals surface area contributed by atoms with Gasteiger partial charge in [0, 0.05) is 5.69 Å². The van der Waals surface area contributed by atoms with Crippen LogP contribution < -0.4 is 5.32 Å². The van der Waals surface area contributed by atoms with Crippen molar-refractivity contribution in [1.29, 1.82) is 0 Å². The quantitative estimate of drug-likeness (QED) is 0.463. The van der Waals surface area contributed by atoms with Crippen LogP contribution in [0.25, 0.3) is 0 Å². The van der Waals surface area contributed by atoms with Gasteiger partial charge in [-0.05, 0) is 36.5 Å². The molecule has 1 atom stereocenters. The maximum absolute atomic E-state index is 13.9. The van der Waals surface area contributed by atoms with Crippen LogP contribution in [0.5, 0.6) is 0 Å². The number of hydrogen-bond acceptors (Lipinski definition) is 4. The van der Waals surface area contributed by atoms with Gasteiger partial charge in [0.25, 0.3) is 0 Å². The summed E-state index contributed by atoms with van der Waals surface area (Å²) in [6.07, 6.45) is 0. The van der Waals surface area contributed by atoms with E-state index in [-0.39, 0.29) is 11.8 Å². The Morgan fingerprint density at radius 1 is 0.852 bits per heavy atom. The fourth-order valence-corrected chi connectivity index (χ4v) is 4.71. The predicted octanol–water partition coefficient (Wildman–Crippen LogP) is 6.64. The Labute approximate surface area is 163 Å². The molecule has 2 rings (SSSR count). The molecule has 0 bridgehead atoms. The number of nitrogens with one attached hydrogen (secondary N) is 1. The van der Waals surface area contributed by atoms with Crippen molar-refractivity contribution in [1.82, 2.24) is 0 Å². The molecule has 1 N–H and O–H groups in total. The van der Waals surface area contributed by atoms with Gasteiger partial charge >= 0.3 is 7.60 Å². The van der Waals surface area contributed by atoms with Gasteiger partial charge in [-0.15, -0.1) is 0 Å². The number of hydrogen-bond donors (Lipinski definition) is 1. The molecule has 2 aromatic carbocycles. The average molecular weight is 389 g/mol. The van der Waals surface area contributed by atoms with E-state index in [1.54, 1.807) is 0 Å². The summed E-state index contributed by atoms with van der Waals surface area (Å²) in [5.74, 6) is -0.0502. The van der Waals surface area contributed by atoms with Crippen molar-refractivity contribution in [2.45, 2.75) is 40.4 Å². The molecule has 0 fully saturated rings. The van der Waals surface area contributed by atoms with Crippen LogP contribution in [0.4, 0.5) is 5.69 Å². The maximum atomic E-state index is 13.9. The largest absolute Gasteiger partial charge is 0.368 e. The number of aryl methyl sites for hydroxylation is 1. The molecule has 0 saturated carbocycles. The fraction of sp³-hybridized carbons (Fsp3) is 0.455. The van der Waals surface area contributed by atoms with Crippen LogP contribution in [0.1, 0.15) is 44.6 Å². The third-order valence-corrected chi connectivity index (χ3v) is 6.04. The average Bonchev–Trinajstić information content (AvgIpc) is 2.64. The molecule has 0 heterocycles. The Bertz CT molecular complexity index is 713. The summed E-state index contributed by atoms with van der Waals surface area (Å²) in [6.45, 7) is 11.0. The van der Waals surface area contributed by atoms with E-state index >= 15 is 0 Å². The number of para-hydroxylation sites is 1. The first-order valence-corrected chi connectivity index (χ1v) is 11.2. The monoisotopic (exact) mass is 389 g/mol. The zero-order valence-electron chi connectivity index (χ0n) is 17.0. The number of benzene rings is 2. The molecule has 0 spiro atoms. The second-order valence-corrected chi connectivity index (χ2v) is 9.86. The van der Waals surface area contributed by atoms with Gasteiger partial charge in [-0.25, -0.2) is 0 Å². The van der Waals surface area contributed by atoms with E-state index in [0.717, 1.165) is 16.8 Å². The van der Waals surface area contributed by atoms with E-state index in [1.165, 1.54) is 0 Å². The normalized spacial score (nSPS) is 13.1. The Morgan fingerprint density at radius 2 is 1.37 bits per heavy atom. The molecule has 0 aliphatic heterocycles. The molecular formula is C22H32NO3P. The minimum atomic E-state index is -3.45. The van der Waals surface area contributed by atoms with Crippen LogP contribution in [0.3, 0.4) is 0 Å². The Hall–Kier alpha value is -1.61. The van der Waals surface area contributed by atoms with Crippen molar-refractivity contribution in [3.63, 3.8) is 0 Å². The van der Waals surface area contributed by atoms with E-state index in [9.17, 15) is 4.57 Å². The lowest BCUT2D eigenvalue weighted by atomic mass is 10.1. The SMILES string of the molecule is Cc1ccc(C(Nc2ccccc2)P(=O)(OCC(C)C)OCC(C)C)cc1. The van der Waals surface area contributed by atoms with Crippen LogP contribution in [0.2, 0.25) is 0 Å². The minimum Gasteiger partial charge on any atom is -0.368 e. The summed E-state index contributed by atoms with van der Waals surface area (Å²) in [6, 6.07) is 17.8. The molecule has 4 nitrogen and oxygen atoms in total. The maximum Gasteiger partial charge on any atom is 0.357 e. The summed E-state index contributed by atoms with van der Waals surface area (Å²) in [4.78, 5) is 0. The first-order valence-electron chi connectivity index (χ1n) is 9.57. The summed E-state index contributed by atoms with van der Waals surface area (Å²) >= 11 is 0. The Kier molecular flexibility index (Phi) is 8.09. The molecule has 2 aromatic rings. The standard InChI is InChI=1S/C22H32NO3P/c1-17(2)15-25-27(24,26-16-18(3)4)22(20-13-11-19(5)12-14-20)23-21-9-7-6-8-10-21/h6-14,17-18,22-23H,15-16H2,1-5H3. The second kappa shape index (κ2) is 10.1. The van der Waals surface area contributed by atoms with E-state index in [2.05, 4.69) is 5.32 Å². The van der Waals surface area contributed by atoms with E-state index in [0.29, 0.717) is 13.2 Å². The summed E-state index contributed by atoms with van der Waals surface area (Å²) in [7, 11) is -3.45. The lowest BCUT2D eigenvalue weighted by molar-refractivity contribution is 0.168. The van der Waals surface area contributed by atoms with Crippen molar-refractivity contribution in [2.75, 3.05) is 18.5 Å². The van der Waals surface area contributed by atoms with E-state index < -0.39 is 13.4 Å². The third kappa shape index (κ3) is 6.80. The zero-order valence-corrected chi connectivity index (χ0v) is 17.9. The van der Waals surface area contributed by atoms with Gasteiger partial charge in [-0.2, -0.15) is 0 Å². The van der Waals surface area contributed by atoms with E-state index in [1.807, 2.05) is 89.2 Å². The molecule has 0 aromatic heterocycles. The molecule has 0 radical (unpaired) electrons. The highest BCUT2D eigenvalue weighted by atomic mass is 31.2. The predicted molar refractivity (Wildman–Crippen MR) is 113 cm³/mol. The highest BCUT2D eigenvalue weighted by Gasteiger charge is 2.38. The molecule has 0 aliphatic rings. The Morgan fingerprint density at radius 3 is 1.85 bits per heavy atom. The van der Waals surface area contributed by atoms with Gasteiger partial charge in [0.15, 0.2) is 5.78 Å². The summed E-state index contributed by atoms with van der Waals surface area (Å²) in [5.41, 5.74) is 2.92. The first-order chi connectivity index (χ1) is 12.8. The lowest BCUT2D eigenvalue weighted by Gasteiger charge is -2.30. The van der Waals surface area contributed by atoms with Crippen molar-refractivity contribution in [3.8, 4) is 0 Å². The van der Waals surface area contributed by atoms with Crippen LogP contribution in [0.15, 0.2) is 54.6 Å².